The molecule has 1 saturated heterocycles. The maximum atomic E-state index is 14.1. The second-order valence-electron chi connectivity index (χ2n) is 4.60. The summed E-state index contributed by atoms with van der Waals surface area (Å²) in [6.45, 7) is 3.18. The van der Waals surface area contributed by atoms with Crippen molar-refractivity contribution in [3.05, 3.63) is 22.4 Å². The molecular weight excluding hydrogens is 335 g/mol. The highest BCUT2D eigenvalue weighted by molar-refractivity contribution is 9.10. The van der Waals surface area contributed by atoms with Gasteiger partial charge in [-0.2, -0.15) is 0 Å². The summed E-state index contributed by atoms with van der Waals surface area (Å²) in [5.74, 6) is -0.495. The number of nitrogens with one attached hydrogen (secondary N) is 1. The quantitative estimate of drug-likeness (QED) is 0.883. The largest absolute Gasteiger partial charge is 0.368 e. The molecular formula is C12H16BrFN2O2S. The topological polar surface area (TPSA) is 49.4 Å². The monoisotopic (exact) mass is 350 g/mol. The third kappa shape index (κ3) is 3.46. The molecule has 1 N–H and O–H groups in total. The zero-order chi connectivity index (χ0) is 14.0. The third-order valence-electron chi connectivity index (χ3n) is 3.08. The smallest absolute Gasteiger partial charge is 0.176 e. The van der Waals surface area contributed by atoms with Crippen molar-refractivity contribution in [1.29, 1.82) is 0 Å². The molecule has 4 nitrogen and oxygen atoms in total. The number of rotatable bonds is 2. The summed E-state index contributed by atoms with van der Waals surface area (Å²) in [5.41, 5.74) is 0.447. The van der Waals surface area contributed by atoms with Crippen LogP contribution in [-0.4, -0.2) is 40.9 Å². The van der Waals surface area contributed by atoms with Crippen molar-refractivity contribution in [2.24, 2.45) is 0 Å². The van der Waals surface area contributed by atoms with Gasteiger partial charge in [-0.15, -0.1) is 0 Å². The Morgan fingerprint density at radius 2 is 2.05 bits per heavy atom. The predicted octanol–water partition coefficient (Wildman–Crippen LogP) is 1.79. The Morgan fingerprint density at radius 1 is 1.32 bits per heavy atom. The molecule has 0 aliphatic carbocycles. The first-order chi connectivity index (χ1) is 8.89. The molecule has 0 atom stereocenters. The van der Waals surface area contributed by atoms with E-state index in [9.17, 15) is 12.8 Å². The van der Waals surface area contributed by atoms with Gasteiger partial charge in [0.1, 0.15) is 5.82 Å². The Balaban J connectivity index is 2.40. The molecule has 1 aromatic carbocycles. The van der Waals surface area contributed by atoms with Crippen LogP contribution in [0.2, 0.25) is 0 Å². The Hall–Kier alpha value is -0.660. The first-order valence-electron chi connectivity index (χ1n) is 6.04. The van der Waals surface area contributed by atoms with Crippen molar-refractivity contribution in [1.82, 2.24) is 5.32 Å². The number of hydrogen-bond acceptors (Lipinski definition) is 4. The fourth-order valence-corrected chi connectivity index (χ4v) is 4.08. The van der Waals surface area contributed by atoms with Gasteiger partial charge in [0.2, 0.25) is 0 Å². The van der Waals surface area contributed by atoms with Crippen molar-refractivity contribution >= 4 is 31.5 Å². The molecule has 19 heavy (non-hydrogen) atoms. The van der Waals surface area contributed by atoms with Crippen LogP contribution in [0.5, 0.6) is 0 Å². The summed E-state index contributed by atoms with van der Waals surface area (Å²) >= 11 is 3.22. The van der Waals surface area contributed by atoms with Crippen LogP contribution in [0.3, 0.4) is 0 Å². The van der Waals surface area contributed by atoms with Crippen molar-refractivity contribution in [2.45, 2.75) is 11.3 Å². The molecule has 0 unspecified atom stereocenters. The molecule has 0 radical (unpaired) electrons. The van der Waals surface area contributed by atoms with Crippen molar-refractivity contribution < 1.29 is 12.8 Å². The minimum absolute atomic E-state index is 0.0123. The van der Waals surface area contributed by atoms with Crippen molar-refractivity contribution in [3.63, 3.8) is 0 Å². The van der Waals surface area contributed by atoms with Crippen LogP contribution < -0.4 is 10.2 Å². The molecule has 0 aromatic heterocycles. The van der Waals surface area contributed by atoms with Crippen LogP contribution in [0, 0.1) is 5.82 Å². The highest BCUT2D eigenvalue weighted by Gasteiger charge is 2.19. The average Bonchev–Trinajstić information content (AvgIpc) is 2.59. The van der Waals surface area contributed by atoms with Gasteiger partial charge in [0.15, 0.2) is 9.84 Å². The summed E-state index contributed by atoms with van der Waals surface area (Å²) in [4.78, 5) is 1.92. The average molecular weight is 351 g/mol. The van der Waals surface area contributed by atoms with E-state index in [1.807, 2.05) is 4.90 Å². The normalized spacial score (nSPS) is 17.3. The van der Waals surface area contributed by atoms with Crippen LogP contribution >= 0.6 is 15.9 Å². The molecule has 106 valence electrons. The molecule has 1 aliphatic rings. The second kappa shape index (κ2) is 5.76. The summed E-state index contributed by atoms with van der Waals surface area (Å²) in [6, 6.07) is 2.64. The van der Waals surface area contributed by atoms with E-state index in [0.29, 0.717) is 16.7 Å². The number of hydrogen-bond donors (Lipinski definition) is 1. The highest BCUT2D eigenvalue weighted by atomic mass is 79.9. The molecule has 0 amide bonds. The summed E-state index contributed by atoms with van der Waals surface area (Å²) < 4.78 is 37.6. The zero-order valence-corrected chi connectivity index (χ0v) is 13.0. The van der Waals surface area contributed by atoms with E-state index in [1.54, 1.807) is 6.07 Å². The van der Waals surface area contributed by atoms with Crippen LogP contribution in [0.4, 0.5) is 10.1 Å². The van der Waals surface area contributed by atoms with E-state index in [4.69, 9.17) is 0 Å². The van der Waals surface area contributed by atoms with Crippen LogP contribution in [0.1, 0.15) is 6.42 Å². The maximum Gasteiger partial charge on any atom is 0.176 e. The SMILES string of the molecule is CS(=O)(=O)c1cc(F)c(N2CCCNCC2)cc1Br. The lowest BCUT2D eigenvalue weighted by Gasteiger charge is -2.23. The van der Waals surface area contributed by atoms with Gasteiger partial charge < -0.3 is 10.2 Å². The summed E-state index contributed by atoms with van der Waals surface area (Å²) in [7, 11) is -3.43. The van der Waals surface area contributed by atoms with Gasteiger partial charge in [-0.3, -0.25) is 0 Å². The number of nitrogens with zero attached hydrogens (tertiary/aromatic N) is 1. The lowest BCUT2D eigenvalue weighted by Crippen LogP contribution is -2.28. The molecule has 0 bridgehead atoms. The van der Waals surface area contributed by atoms with Gasteiger partial charge in [-0.05, 0) is 41.0 Å². The van der Waals surface area contributed by atoms with Crippen LogP contribution in [-0.2, 0) is 9.84 Å². The predicted molar refractivity (Wildman–Crippen MR) is 76.9 cm³/mol. The minimum Gasteiger partial charge on any atom is -0.368 e. The molecule has 1 heterocycles. The zero-order valence-electron chi connectivity index (χ0n) is 10.6. The van der Waals surface area contributed by atoms with Gasteiger partial charge in [0.05, 0.1) is 10.6 Å². The van der Waals surface area contributed by atoms with Gasteiger partial charge in [-0.1, -0.05) is 0 Å². The molecule has 0 saturated carbocycles. The number of sulfone groups is 1. The molecule has 1 aliphatic heterocycles. The Bertz CT molecular complexity index is 569. The first kappa shape index (κ1) is 14.7. The number of halogens is 2. The van der Waals surface area contributed by atoms with E-state index in [1.165, 1.54) is 0 Å². The van der Waals surface area contributed by atoms with E-state index < -0.39 is 15.7 Å². The van der Waals surface area contributed by atoms with Gasteiger partial charge in [-0.25, -0.2) is 12.8 Å². The van der Waals surface area contributed by atoms with Crippen LogP contribution in [0.15, 0.2) is 21.5 Å². The fraction of sp³-hybridized carbons (Fsp3) is 0.500. The summed E-state index contributed by atoms with van der Waals surface area (Å²) in [5, 5.41) is 3.24. The standard InChI is InChI=1S/C12H16BrFN2O2S/c1-19(17,18)12-8-10(14)11(7-9(12)13)16-5-2-3-15-4-6-16/h7-8,15H,2-6H2,1H3. The van der Waals surface area contributed by atoms with Crippen LogP contribution in [0.25, 0.3) is 0 Å². The molecule has 2 rings (SSSR count). The number of anilines is 1. The molecule has 1 fully saturated rings. The highest BCUT2D eigenvalue weighted by Crippen LogP contribution is 2.30. The second-order valence-corrected chi connectivity index (χ2v) is 7.44. The van der Waals surface area contributed by atoms with E-state index in [0.717, 1.165) is 38.4 Å². The lowest BCUT2D eigenvalue weighted by molar-refractivity contribution is 0.593. The van der Waals surface area contributed by atoms with Crippen molar-refractivity contribution in [3.8, 4) is 0 Å². The Kier molecular flexibility index (Phi) is 4.47. The maximum absolute atomic E-state index is 14.1. The minimum atomic E-state index is -3.43. The molecule has 1 aromatic rings. The molecule has 7 heteroatoms. The fourth-order valence-electron chi connectivity index (χ4n) is 2.13. The summed E-state index contributed by atoms with van der Waals surface area (Å²) in [6.07, 6.45) is 2.01. The van der Waals surface area contributed by atoms with Gasteiger partial charge >= 0.3 is 0 Å². The van der Waals surface area contributed by atoms with Gasteiger partial charge in [0, 0.05) is 30.4 Å². The van der Waals surface area contributed by atoms with E-state index in [2.05, 4.69) is 21.2 Å². The number of benzene rings is 1. The van der Waals surface area contributed by atoms with E-state index in [-0.39, 0.29) is 4.90 Å². The Labute approximate surface area is 121 Å². The Morgan fingerprint density at radius 3 is 2.74 bits per heavy atom. The first-order valence-corrected chi connectivity index (χ1v) is 8.73. The van der Waals surface area contributed by atoms with E-state index >= 15 is 0 Å². The van der Waals surface area contributed by atoms with Crippen molar-refractivity contribution in [2.75, 3.05) is 37.3 Å². The lowest BCUT2D eigenvalue weighted by atomic mass is 10.2. The third-order valence-corrected chi connectivity index (χ3v) is 5.14. The van der Waals surface area contributed by atoms with Gasteiger partial charge in [0.25, 0.3) is 0 Å². The molecule has 0 spiro atoms.